The van der Waals surface area contributed by atoms with E-state index in [1.807, 2.05) is 0 Å². The first kappa shape index (κ1) is 15.1. The number of nitro groups is 1. The standard InChI is InChI=1S/C9H10F3N3O4/c10-9(11,12)8-1-6(13-2-5(17)4-16)7(3-14-8)15(18)19/h1,3,5,16-17H,2,4H2,(H,13,14)/t5-/m1/s1. The van der Waals surface area contributed by atoms with Gasteiger partial charge in [0.2, 0.25) is 0 Å². The fourth-order valence-electron chi connectivity index (χ4n) is 1.18. The van der Waals surface area contributed by atoms with Crippen molar-refractivity contribution in [2.75, 3.05) is 18.5 Å². The third-order valence-corrected chi connectivity index (χ3v) is 2.11. The predicted molar refractivity (Wildman–Crippen MR) is 57.5 cm³/mol. The Labute approximate surface area is 104 Å². The van der Waals surface area contributed by atoms with Crippen LogP contribution in [0.5, 0.6) is 0 Å². The van der Waals surface area contributed by atoms with Gasteiger partial charge in [-0.05, 0) is 6.07 Å². The Morgan fingerprint density at radius 1 is 1.53 bits per heavy atom. The van der Waals surface area contributed by atoms with E-state index < -0.39 is 40.9 Å². The molecular formula is C9H10F3N3O4. The molecule has 1 aromatic rings. The van der Waals surface area contributed by atoms with Crippen LogP contribution in [0.3, 0.4) is 0 Å². The summed E-state index contributed by atoms with van der Waals surface area (Å²) >= 11 is 0. The van der Waals surface area contributed by atoms with E-state index in [1.165, 1.54) is 0 Å². The average molecular weight is 281 g/mol. The van der Waals surface area contributed by atoms with Gasteiger partial charge in [0.15, 0.2) is 0 Å². The van der Waals surface area contributed by atoms with Crippen LogP contribution >= 0.6 is 0 Å². The molecule has 19 heavy (non-hydrogen) atoms. The van der Waals surface area contributed by atoms with Crippen LogP contribution in [-0.4, -0.2) is 39.4 Å². The zero-order valence-electron chi connectivity index (χ0n) is 9.39. The van der Waals surface area contributed by atoms with Crippen molar-refractivity contribution in [2.24, 2.45) is 0 Å². The zero-order valence-corrected chi connectivity index (χ0v) is 9.39. The van der Waals surface area contributed by atoms with Crippen molar-refractivity contribution in [3.05, 3.63) is 28.1 Å². The van der Waals surface area contributed by atoms with Crippen molar-refractivity contribution >= 4 is 11.4 Å². The van der Waals surface area contributed by atoms with Crippen molar-refractivity contribution in [1.29, 1.82) is 0 Å². The van der Waals surface area contributed by atoms with E-state index >= 15 is 0 Å². The van der Waals surface area contributed by atoms with Crippen LogP contribution in [0.2, 0.25) is 0 Å². The second-order valence-electron chi connectivity index (χ2n) is 3.56. The van der Waals surface area contributed by atoms with Crippen LogP contribution in [0, 0.1) is 10.1 Å². The summed E-state index contributed by atoms with van der Waals surface area (Å²) in [7, 11) is 0. The molecule has 0 bridgehead atoms. The van der Waals surface area contributed by atoms with Gasteiger partial charge >= 0.3 is 11.9 Å². The van der Waals surface area contributed by atoms with Gasteiger partial charge in [0.05, 0.1) is 17.6 Å². The summed E-state index contributed by atoms with van der Waals surface area (Å²) in [6, 6.07) is 0.474. The molecule has 10 heteroatoms. The van der Waals surface area contributed by atoms with Crippen LogP contribution in [0.1, 0.15) is 5.69 Å². The third-order valence-electron chi connectivity index (χ3n) is 2.11. The molecule has 0 aliphatic heterocycles. The maximum absolute atomic E-state index is 12.4. The Bertz CT molecular complexity index is 467. The molecule has 0 spiro atoms. The first-order valence-corrected chi connectivity index (χ1v) is 5.00. The van der Waals surface area contributed by atoms with Crippen molar-refractivity contribution < 1.29 is 28.3 Å². The van der Waals surface area contributed by atoms with E-state index in [9.17, 15) is 23.3 Å². The van der Waals surface area contributed by atoms with E-state index in [0.29, 0.717) is 12.3 Å². The highest BCUT2D eigenvalue weighted by Crippen LogP contribution is 2.32. The number of alkyl halides is 3. The molecule has 1 heterocycles. The van der Waals surface area contributed by atoms with Gasteiger partial charge in [-0.15, -0.1) is 0 Å². The van der Waals surface area contributed by atoms with Crippen LogP contribution in [0.4, 0.5) is 24.5 Å². The van der Waals surface area contributed by atoms with Gasteiger partial charge in [0.25, 0.3) is 0 Å². The highest BCUT2D eigenvalue weighted by Gasteiger charge is 2.34. The highest BCUT2D eigenvalue weighted by molar-refractivity contribution is 5.61. The van der Waals surface area contributed by atoms with Gasteiger partial charge < -0.3 is 15.5 Å². The van der Waals surface area contributed by atoms with Crippen molar-refractivity contribution in [2.45, 2.75) is 12.3 Å². The lowest BCUT2D eigenvalue weighted by Crippen LogP contribution is -2.23. The minimum Gasteiger partial charge on any atom is -0.394 e. The molecule has 1 rings (SSSR count). The number of nitrogens with one attached hydrogen (secondary N) is 1. The maximum Gasteiger partial charge on any atom is 0.433 e. The second-order valence-corrected chi connectivity index (χ2v) is 3.56. The topological polar surface area (TPSA) is 109 Å². The van der Waals surface area contributed by atoms with E-state index in [2.05, 4.69) is 10.3 Å². The normalized spacial score (nSPS) is 13.1. The predicted octanol–water partition coefficient (Wildman–Crippen LogP) is 0.774. The number of aromatic nitrogens is 1. The molecule has 0 aliphatic rings. The maximum atomic E-state index is 12.4. The molecule has 7 nitrogen and oxygen atoms in total. The Kier molecular flexibility index (Phi) is 4.62. The summed E-state index contributed by atoms with van der Waals surface area (Å²) in [6.07, 6.45) is -5.50. The molecule has 0 aromatic carbocycles. The molecule has 1 aromatic heterocycles. The van der Waals surface area contributed by atoms with Crippen molar-refractivity contribution in [3.8, 4) is 0 Å². The molecule has 0 saturated heterocycles. The van der Waals surface area contributed by atoms with E-state index in [4.69, 9.17) is 10.2 Å². The summed E-state index contributed by atoms with van der Waals surface area (Å²) in [5.74, 6) is 0. The Morgan fingerprint density at radius 2 is 2.16 bits per heavy atom. The van der Waals surface area contributed by atoms with Crippen LogP contribution in [-0.2, 0) is 6.18 Å². The molecule has 1 atom stereocenters. The lowest BCUT2D eigenvalue weighted by atomic mass is 10.2. The number of hydrogen-bond acceptors (Lipinski definition) is 6. The number of rotatable bonds is 5. The number of hydrogen-bond donors (Lipinski definition) is 3. The largest absolute Gasteiger partial charge is 0.433 e. The average Bonchev–Trinajstić information content (AvgIpc) is 2.34. The van der Waals surface area contributed by atoms with Gasteiger partial charge in [-0.3, -0.25) is 10.1 Å². The summed E-state index contributed by atoms with van der Waals surface area (Å²) in [6.45, 7) is -0.962. The lowest BCUT2D eigenvalue weighted by molar-refractivity contribution is -0.384. The Hall–Kier alpha value is -1.94. The summed E-state index contributed by atoms with van der Waals surface area (Å²) in [4.78, 5) is 12.7. The minimum atomic E-state index is -4.73. The van der Waals surface area contributed by atoms with Crippen molar-refractivity contribution in [1.82, 2.24) is 4.98 Å². The molecule has 0 aliphatic carbocycles. The monoisotopic (exact) mass is 281 g/mol. The molecule has 0 saturated carbocycles. The first-order valence-electron chi connectivity index (χ1n) is 5.00. The smallest absolute Gasteiger partial charge is 0.394 e. The third kappa shape index (κ3) is 4.03. The Balaban J connectivity index is 3.06. The molecule has 3 N–H and O–H groups in total. The van der Waals surface area contributed by atoms with Gasteiger partial charge in [-0.25, -0.2) is 4.98 Å². The van der Waals surface area contributed by atoms with Crippen LogP contribution in [0.15, 0.2) is 12.3 Å². The van der Waals surface area contributed by atoms with E-state index in [-0.39, 0.29) is 6.54 Å². The van der Waals surface area contributed by atoms with E-state index in [0.717, 1.165) is 0 Å². The molecule has 106 valence electrons. The SMILES string of the molecule is O=[N+]([O-])c1cnc(C(F)(F)F)cc1NC[C@@H](O)CO. The molecule has 0 fully saturated rings. The summed E-state index contributed by atoms with van der Waals surface area (Å²) in [5.41, 5.74) is -2.38. The van der Waals surface area contributed by atoms with E-state index in [1.54, 1.807) is 0 Å². The zero-order chi connectivity index (χ0) is 14.6. The number of halogens is 3. The van der Waals surface area contributed by atoms with Gasteiger partial charge in [0, 0.05) is 6.54 Å². The van der Waals surface area contributed by atoms with Gasteiger partial charge in [-0.2, -0.15) is 13.2 Å². The lowest BCUT2D eigenvalue weighted by Gasteiger charge is -2.12. The number of aliphatic hydroxyl groups excluding tert-OH is 2. The number of pyridine rings is 1. The number of anilines is 1. The summed E-state index contributed by atoms with van der Waals surface area (Å²) in [5, 5.41) is 30.5. The molecule has 0 radical (unpaired) electrons. The molecular weight excluding hydrogens is 271 g/mol. The number of nitrogens with zero attached hydrogens (tertiary/aromatic N) is 2. The number of aliphatic hydroxyl groups is 2. The van der Waals surface area contributed by atoms with Crippen LogP contribution in [0.25, 0.3) is 0 Å². The molecule has 0 amide bonds. The fraction of sp³-hybridized carbons (Fsp3) is 0.444. The second kappa shape index (κ2) is 5.80. The molecule has 0 unspecified atom stereocenters. The Morgan fingerprint density at radius 3 is 2.63 bits per heavy atom. The fourth-order valence-corrected chi connectivity index (χ4v) is 1.18. The van der Waals surface area contributed by atoms with Gasteiger partial charge in [-0.1, -0.05) is 0 Å². The van der Waals surface area contributed by atoms with Crippen LogP contribution < -0.4 is 5.32 Å². The first-order chi connectivity index (χ1) is 8.75. The minimum absolute atomic E-state index is 0.335. The van der Waals surface area contributed by atoms with Gasteiger partial charge in [0.1, 0.15) is 17.6 Å². The highest BCUT2D eigenvalue weighted by atomic mass is 19.4. The summed E-state index contributed by atoms with van der Waals surface area (Å²) < 4.78 is 37.2. The quantitative estimate of drug-likeness (QED) is 0.543. The van der Waals surface area contributed by atoms with Crippen molar-refractivity contribution in [3.63, 3.8) is 0 Å².